The summed E-state index contributed by atoms with van der Waals surface area (Å²) in [6.07, 6.45) is 3.20. The van der Waals surface area contributed by atoms with Crippen molar-refractivity contribution in [1.82, 2.24) is 4.57 Å². The predicted octanol–water partition coefficient (Wildman–Crippen LogP) is 5.02. The van der Waals surface area contributed by atoms with Crippen molar-refractivity contribution in [2.24, 2.45) is 0 Å². The first-order chi connectivity index (χ1) is 10.2. The molecule has 21 heavy (non-hydrogen) atoms. The smallest absolute Gasteiger partial charge is 0.118 e. The molecule has 3 rings (SSSR count). The number of aromatic nitrogens is 1. The molecule has 0 unspecified atom stereocenters. The number of methoxy groups -OCH3 is 1. The highest BCUT2D eigenvalue weighted by atomic mass is 79.9. The summed E-state index contributed by atoms with van der Waals surface area (Å²) < 4.78 is 8.65. The molecule has 0 spiro atoms. The average molecular weight is 344 g/mol. The van der Waals surface area contributed by atoms with E-state index in [0.29, 0.717) is 0 Å². The molecule has 0 saturated carbocycles. The lowest BCUT2D eigenvalue weighted by Crippen LogP contribution is -1.90. The second kappa shape index (κ2) is 5.94. The molecule has 1 aromatic heterocycles. The lowest BCUT2D eigenvalue weighted by molar-refractivity contribution is 0.414. The first-order valence-corrected chi connectivity index (χ1v) is 7.90. The van der Waals surface area contributed by atoms with Crippen molar-refractivity contribution < 1.29 is 4.74 Å². The van der Waals surface area contributed by atoms with E-state index in [1.807, 2.05) is 12.1 Å². The molecule has 2 aromatic carbocycles. The number of benzene rings is 2. The molecule has 0 atom stereocenters. The number of hydrogen-bond donors (Lipinski definition) is 0. The molecule has 0 aliphatic heterocycles. The van der Waals surface area contributed by atoms with Gasteiger partial charge in [-0.05, 0) is 54.8 Å². The lowest BCUT2D eigenvalue weighted by atomic mass is 10.0. The van der Waals surface area contributed by atoms with Crippen LogP contribution in [0.1, 0.15) is 18.1 Å². The number of hydrogen-bond acceptors (Lipinski definition) is 1. The van der Waals surface area contributed by atoms with E-state index in [9.17, 15) is 0 Å². The highest BCUT2D eigenvalue weighted by molar-refractivity contribution is 9.10. The molecule has 0 saturated heterocycles. The van der Waals surface area contributed by atoms with Crippen molar-refractivity contribution in [2.75, 3.05) is 7.11 Å². The maximum Gasteiger partial charge on any atom is 0.118 e. The summed E-state index contributed by atoms with van der Waals surface area (Å²) in [5.41, 5.74) is 3.95. The van der Waals surface area contributed by atoms with Crippen LogP contribution in [0.3, 0.4) is 0 Å². The number of aryl methyl sites for hydroxylation is 1. The van der Waals surface area contributed by atoms with Gasteiger partial charge in [0.1, 0.15) is 5.75 Å². The fraction of sp³-hybridized carbons (Fsp3) is 0.222. The van der Waals surface area contributed by atoms with Crippen molar-refractivity contribution in [3.63, 3.8) is 0 Å². The average Bonchev–Trinajstić information content (AvgIpc) is 2.85. The largest absolute Gasteiger partial charge is 0.497 e. The maximum absolute atomic E-state index is 5.22. The number of rotatable bonds is 4. The molecule has 3 heteroatoms. The predicted molar refractivity (Wildman–Crippen MR) is 91.1 cm³/mol. The third kappa shape index (κ3) is 2.84. The Morgan fingerprint density at radius 3 is 2.52 bits per heavy atom. The van der Waals surface area contributed by atoms with Gasteiger partial charge in [-0.25, -0.2) is 0 Å². The Kier molecular flexibility index (Phi) is 4.02. The Hall–Kier alpha value is -1.74. The van der Waals surface area contributed by atoms with Crippen LogP contribution in [0.2, 0.25) is 0 Å². The van der Waals surface area contributed by atoms with Crippen LogP contribution in [0.15, 0.2) is 53.1 Å². The Morgan fingerprint density at radius 1 is 1.10 bits per heavy atom. The number of halogens is 1. The molecular formula is C18H18BrNO. The van der Waals surface area contributed by atoms with E-state index in [-0.39, 0.29) is 0 Å². The molecular weight excluding hydrogens is 326 g/mol. The van der Waals surface area contributed by atoms with Crippen molar-refractivity contribution >= 4 is 26.8 Å². The highest BCUT2D eigenvalue weighted by Gasteiger charge is 2.09. The second-order valence-electron chi connectivity index (χ2n) is 5.13. The van der Waals surface area contributed by atoms with Gasteiger partial charge in [0.2, 0.25) is 0 Å². The van der Waals surface area contributed by atoms with Crippen molar-refractivity contribution in [3.05, 3.63) is 64.3 Å². The summed E-state index contributed by atoms with van der Waals surface area (Å²) >= 11 is 3.58. The van der Waals surface area contributed by atoms with Crippen LogP contribution < -0.4 is 4.74 Å². The SMILES string of the molecule is CCn1cc(Cc2ccc(OC)cc2)c2cc(Br)ccc21. The minimum atomic E-state index is 0.900. The topological polar surface area (TPSA) is 14.2 Å². The zero-order chi connectivity index (χ0) is 14.8. The van der Waals surface area contributed by atoms with Gasteiger partial charge in [-0.3, -0.25) is 0 Å². The fourth-order valence-corrected chi connectivity index (χ4v) is 3.07. The first kappa shape index (κ1) is 14.2. The highest BCUT2D eigenvalue weighted by Crippen LogP contribution is 2.27. The molecule has 0 fully saturated rings. The molecule has 0 aliphatic carbocycles. The quantitative estimate of drug-likeness (QED) is 0.648. The standard InChI is InChI=1S/C18H18BrNO/c1-3-20-12-14(17-11-15(19)6-9-18(17)20)10-13-4-7-16(21-2)8-5-13/h4-9,11-12H,3,10H2,1-2H3. The summed E-state index contributed by atoms with van der Waals surface area (Å²) in [4.78, 5) is 0. The molecule has 0 aliphatic rings. The Bertz CT molecular complexity index is 759. The maximum atomic E-state index is 5.22. The van der Waals surface area contributed by atoms with E-state index in [4.69, 9.17) is 4.74 Å². The zero-order valence-electron chi connectivity index (χ0n) is 12.3. The van der Waals surface area contributed by atoms with Gasteiger partial charge in [0.15, 0.2) is 0 Å². The van der Waals surface area contributed by atoms with Crippen molar-refractivity contribution in [1.29, 1.82) is 0 Å². The number of ether oxygens (including phenoxy) is 1. The van der Waals surface area contributed by atoms with Gasteiger partial charge in [-0.15, -0.1) is 0 Å². The van der Waals surface area contributed by atoms with E-state index in [2.05, 4.69) is 63.9 Å². The summed E-state index contributed by atoms with van der Waals surface area (Å²) in [6.45, 7) is 3.17. The van der Waals surface area contributed by atoms with E-state index in [0.717, 1.165) is 23.2 Å². The molecule has 3 aromatic rings. The van der Waals surface area contributed by atoms with Gasteiger partial charge in [-0.2, -0.15) is 0 Å². The van der Waals surface area contributed by atoms with Crippen LogP contribution >= 0.6 is 15.9 Å². The molecule has 0 radical (unpaired) electrons. The lowest BCUT2D eigenvalue weighted by Gasteiger charge is -2.03. The molecule has 0 amide bonds. The van der Waals surface area contributed by atoms with E-state index in [1.54, 1.807) is 7.11 Å². The molecule has 0 bridgehead atoms. The van der Waals surface area contributed by atoms with Crippen molar-refractivity contribution in [2.45, 2.75) is 19.9 Å². The van der Waals surface area contributed by atoms with Gasteiger partial charge in [0.05, 0.1) is 7.11 Å². The summed E-state index contributed by atoms with van der Waals surface area (Å²) in [5.74, 6) is 0.900. The van der Waals surface area contributed by atoms with E-state index in [1.165, 1.54) is 22.0 Å². The van der Waals surface area contributed by atoms with Gasteiger partial charge >= 0.3 is 0 Å². The van der Waals surface area contributed by atoms with Crippen LogP contribution in [0.25, 0.3) is 10.9 Å². The monoisotopic (exact) mass is 343 g/mol. The van der Waals surface area contributed by atoms with Crippen LogP contribution in [0.4, 0.5) is 0 Å². The van der Waals surface area contributed by atoms with Crippen LogP contribution in [0.5, 0.6) is 5.75 Å². The third-order valence-electron chi connectivity index (χ3n) is 3.82. The Balaban J connectivity index is 2.00. The number of fused-ring (bicyclic) bond motifs is 1. The van der Waals surface area contributed by atoms with Gasteiger partial charge < -0.3 is 9.30 Å². The van der Waals surface area contributed by atoms with E-state index < -0.39 is 0 Å². The minimum Gasteiger partial charge on any atom is -0.497 e. The molecule has 2 nitrogen and oxygen atoms in total. The minimum absolute atomic E-state index is 0.900. The van der Waals surface area contributed by atoms with Crippen LogP contribution in [-0.4, -0.2) is 11.7 Å². The molecule has 1 heterocycles. The zero-order valence-corrected chi connectivity index (χ0v) is 13.9. The van der Waals surface area contributed by atoms with Gasteiger partial charge in [-0.1, -0.05) is 28.1 Å². The molecule has 0 N–H and O–H groups in total. The van der Waals surface area contributed by atoms with Gasteiger partial charge in [0.25, 0.3) is 0 Å². The number of nitrogens with zero attached hydrogens (tertiary/aromatic N) is 1. The Morgan fingerprint density at radius 2 is 1.86 bits per heavy atom. The first-order valence-electron chi connectivity index (χ1n) is 7.11. The summed E-state index contributed by atoms with van der Waals surface area (Å²) in [7, 11) is 1.70. The van der Waals surface area contributed by atoms with Gasteiger partial charge in [0, 0.05) is 28.1 Å². The van der Waals surface area contributed by atoms with E-state index >= 15 is 0 Å². The Labute approximate surface area is 133 Å². The van der Waals surface area contributed by atoms with Crippen molar-refractivity contribution in [3.8, 4) is 5.75 Å². The van der Waals surface area contributed by atoms with Crippen LogP contribution in [0, 0.1) is 0 Å². The third-order valence-corrected chi connectivity index (χ3v) is 4.31. The summed E-state index contributed by atoms with van der Waals surface area (Å²) in [5, 5.41) is 1.32. The normalized spacial score (nSPS) is 11.0. The summed E-state index contributed by atoms with van der Waals surface area (Å²) in [6, 6.07) is 14.8. The molecule has 108 valence electrons. The van der Waals surface area contributed by atoms with Crippen LogP contribution in [-0.2, 0) is 13.0 Å². The second-order valence-corrected chi connectivity index (χ2v) is 6.04. The fourth-order valence-electron chi connectivity index (χ4n) is 2.71.